The molecular weight excluding hydrogens is 271 g/mol. The molecule has 1 N–H and O–H groups in total. The van der Waals surface area contributed by atoms with Gasteiger partial charge in [-0.2, -0.15) is 0 Å². The third-order valence-corrected chi connectivity index (χ3v) is 3.13. The van der Waals surface area contributed by atoms with E-state index < -0.39 is 0 Å². The molecule has 21 heavy (non-hydrogen) atoms. The summed E-state index contributed by atoms with van der Waals surface area (Å²) in [5.74, 6) is 1.14. The molecule has 0 atom stereocenters. The molecular formula is C16H19FN2O2. The third kappa shape index (κ3) is 4.43. The van der Waals surface area contributed by atoms with E-state index in [9.17, 15) is 4.39 Å². The van der Waals surface area contributed by atoms with Gasteiger partial charge in [0.25, 0.3) is 0 Å². The first-order valence-corrected chi connectivity index (χ1v) is 6.74. The number of aromatic nitrogens is 1. The maximum absolute atomic E-state index is 13.0. The van der Waals surface area contributed by atoms with Crippen LogP contribution in [0.2, 0.25) is 0 Å². The fourth-order valence-electron chi connectivity index (χ4n) is 2.05. The van der Waals surface area contributed by atoms with Crippen molar-refractivity contribution >= 4 is 0 Å². The summed E-state index contributed by atoms with van der Waals surface area (Å²) in [6, 6.07) is 7.35. The number of nitrogens with zero attached hydrogens (tertiary/aromatic N) is 1. The van der Waals surface area contributed by atoms with Crippen LogP contribution in [0.4, 0.5) is 4.39 Å². The molecule has 2 aromatic rings. The first kappa shape index (κ1) is 15.3. The Kier molecular flexibility index (Phi) is 5.51. The number of halogens is 1. The first-order valence-electron chi connectivity index (χ1n) is 6.74. The SMILES string of the molecule is COc1ccc(CCNCc2cncc(F)c2)cc1OC. The number of nitrogens with one attached hydrogen (secondary N) is 1. The van der Waals surface area contributed by atoms with Crippen LogP contribution >= 0.6 is 0 Å². The van der Waals surface area contributed by atoms with Crippen LogP contribution in [0.25, 0.3) is 0 Å². The Bertz CT molecular complexity index is 590. The predicted octanol–water partition coefficient (Wildman–Crippen LogP) is 2.57. The van der Waals surface area contributed by atoms with Crippen molar-refractivity contribution < 1.29 is 13.9 Å². The Morgan fingerprint density at radius 1 is 1.05 bits per heavy atom. The fraction of sp³-hybridized carbons (Fsp3) is 0.312. The Labute approximate surface area is 123 Å². The molecule has 0 aliphatic heterocycles. The van der Waals surface area contributed by atoms with Crippen LogP contribution in [0.3, 0.4) is 0 Å². The lowest BCUT2D eigenvalue weighted by Gasteiger charge is -2.10. The molecule has 0 fully saturated rings. The van der Waals surface area contributed by atoms with Crippen LogP contribution in [0.1, 0.15) is 11.1 Å². The van der Waals surface area contributed by atoms with Crippen molar-refractivity contribution in [2.45, 2.75) is 13.0 Å². The molecule has 0 saturated carbocycles. The number of hydrogen-bond donors (Lipinski definition) is 1. The maximum atomic E-state index is 13.0. The van der Waals surface area contributed by atoms with Gasteiger partial charge >= 0.3 is 0 Å². The minimum Gasteiger partial charge on any atom is -0.493 e. The van der Waals surface area contributed by atoms with E-state index in [0.717, 1.165) is 35.6 Å². The molecule has 0 unspecified atom stereocenters. The van der Waals surface area contributed by atoms with Gasteiger partial charge in [0.15, 0.2) is 11.5 Å². The van der Waals surface area contributed by atoms with Crippen LogP contribution in [0.5, 0.6) is 11.5 Å². The number of pyridine rings is 1. The first-order chi connectivity index (χ1) is 10.2. The van der Waals surface area contributed by atoms with Gasteiger partial charge in [-0.15, -0.1) is 0 Å². The lowest BCUT2D eigenvalue weighted by atomic mass is 10.1. The van der Waals surface area contributed by atoms with Gasteiger partial charge in [-0.05, 0) is 42.3 Å². The summed E-state index contributed by atoms with van der Waals surface area (Å²) < 4.78 is 23.5. The summed E-state index contributed by atoms with van der Waals surface area (Å²) >= 11 is 0. The molecule has 0 bridgehead atoms. The molecule has 0 saturated heterocycles. The molecule has 4 nitrogen and oxygen atoms in total. The molecule has 5 heteroatoms. The highest BCUT2D eigenvalue weighted by Crippen LogP contribution is 2.27. The minimum atomic E-state index is -0.311. The zero-order valence-corrected chi connectivity index (χ0v) is 12.2. The lowest BCUT2D eigenvalue weighted by molar-refractivity contribution is 0.354. The molecule has 0 amide bonds. The zero-order chi connectivity index (χ0) is 15.1. The van der Waals surface area contributed by atoms with Gasteiger partial charge in [-0.25, -0.2) is 4.39 Å². The topological polar surface area (TPSA) is 43.4 Å². The minimum absolute atomic E-state index is 0.311. The van der Waals surface area contributed by atoms with Gasteiger partial charge in [0.2, 0.25) is 0 Å². The van der Waals surface area contributed by atoms with Gasteiger partial charge in [-0.3, -0.25) is 4.98 Å². The average Bonchev–Trinajstić information content (AvgIpc) is 2.51. The summed E-state index contributed by atoms with van der Waals surface area (Å²) in [7, 11) is 3.24. The normalized spacial score (nSPS) is 10.4. The Morgan fingerprint density at radius 2 is 1.86 bits per heavy atom. The van der Waals surface area contributed by atoms with Gasteiger partial charge in [0.05, 0.1) is 20.4 Å². The van der Waals surface area contributed by atoms with Crippen molar-refractivity contribution in [1.29, 1.82) is 0 Å². The van der Waals surface area contributed by atoms with Crippen LogP contribution < -0.4 is 14.8 Å². The second kappa shape index (κ2) is 7.59. The molecule has 0 radical (unpaired) electrons. The molecule has 1 heterocycles. The Hall–Kier alpha value is -2.14. The number of ether oxygens (including phenoxy) is 2. The van der Waals surface area contributed by atoms with E-state index in [1.165, 1.54) is 12.3 Å². The highest BCUT2D eigenvalue weighted by molar-refractivity contribution is 5.42. The van der Waals surface area contributed by atoms with E-state index in [-0.39, 0.29) is 5.82 Å². The van der Waals surface area contributed by atoms with Crippen LogP contribution in [-0.2, 0) is 13.0 Å². The Morgan fingerprint density at radius 3 is 2.57 bits per heavy atom. The maximum Gasteiger partial charge on any atom is 0.160 e. The highest BCUT2D eigenvalue weighted by Gasteiger charge is 2.04. The summed E-state index contributed by atoms with van der Waals surface area (Å²) in [5.41, 5.74) is 1.99. The van der Waals surface area contributed by atoms with E-state index in [1.54, 1.807) is 20.4 Å². The highest BCUT2D eigenvalue weighted by atomic mass is 19.1. The molecule has 0 aliphatic carbocycles. The average molecular weight is 290 g/mol. The lowest BCUT2D eigenvalue weighted by Crippen LogP contribution is -2.17. The summed E-state index contributed by atoms with van der Waals surface area (Å²) in [5, 5.41) is 3.26. The van der Waals surface area contributed by atoms with Crippen molar-refractivity contribution in [3.63, 3.8) is 0 Å². The third-order valence-electron chi connectivity index (χ3n) is 3.13. The van der Waals surface area contributed by atoms with Crippen LogP contribution in [0.15, 0.2) is 36.7 Å². The van der Waals surface area contributed by atoms with Crippen LogP contribution in [0, 0.1) is 5.82 Å². The van der Waals surface area contributed by atoms with Crippen LogP contribution in [-0.4, -0.2) is 25.7 Å². The molecule has 0 spiro atoms. The van der Waals surface area contributed by atoms with E-state index in [1.807, 2.05) is 18.2 Å². The van der Waals surface area contributed by atoms with E-state index in [2.05, 4.69) is 10.3 Å². The molecule has 1 aromatic carbocycles. The zero-order valence-electron chi connectivity index (χ0n) is 12.2. The summed E-state index contributed by atoms with van der Waals surface area (Å²) in [4.78, 5) is 3.82. The van der Waals surface area contributed by atoms with E-state index in [0.29, 0.717) is 6.54 Å². The van der Waals surface area contributed by atoms with Gasteiger partial charge < -0.3 is 14.8 Å². The standard InChI is InChI=1S/C16H19FN2O2/c1-20-15-4-3-12(8-16(15)21-2)5-6-18-9-13-7-14(17)11-19-10-13/h3-4,7-8,10-11,18H,5-6,9H2,1-2H3. The van der Waals surface area contributed by atoms with Gasteiger partial charge in [0, 0.05) is 12.7 Å². The van der Waals surface area contributed by atoms with Gasteiger partial charge in [0.1, 0.15) is 5.82 Å². The number of hydrogen-bond acceptors (Lipinski definition) is 4. The summed E-state index contributed by atoms with van der Waals surface area (Å²) in [6.07, 6.45) is 3.71. The quantitative estimate of drug-likeness (QED) is 0.796. The Balaban J connectivity index is 1.83. The summed E-state index contributed by atoms with van der Waals surface area (Å²) in [6.45, 7) is 1.38. The fourth-order valence-corrected chi connectivity index (χ4v) is 2.05. The van der Waals surface area contributed by atoms with E-state index in [4.69, 9.17) is 9.47 Å². The largest absolute Gasteiger partial charge is 0.493 e. The molecule has 112 valence electrons. The second-order valence-electron chi connectivity index (χ2n) is 4.63. The predicted molar refractivity (Wildman–Crippen MR) is 79.2 cm³/mol. The second-order valence-corrected chi connectivity index (χ2v) is 4.63. The monoisotopic (exact) mass is 290 g/mol. The van der Waals surface area contributed by atoms with E-state index >= 15 is 0 Å². The van der Waals surface area contributed by atoms with Crippen molar-refractivity contribution in [2.75, 3.05) is 20.8 Å². The van der Waals surface area contributed by atoms with Crippen molar-refractivity contribution in [2.24, 2.45) is 0 Å². The number of methoxy groups -OCH3 is 2. The van der Waals surface area contributed by atoms with Gasteiger partial charge in [-0.1, -0.05) is 6.07 Å². The molecule has 0 aliphatic rings. The van der Waals surface area contributed by atoms with Crippen molar-refractivity contribution in [3.05, 3.63) is 53.6 Å². The molecule has 1 aromatic heterocycles. The smallest absolute Gasteiger partial charge is 0.160 e. The van der Waals surface area contributed by atoms with Crippen molar-refractivity contribution in [1.82, 2.24) is 10.3 Å². The number of benzene rings is 1. The number of rotatable bonds is 7. The molecule has 2 rings (SSSR count). The van der Waals surface area contributed by atoms with Crippen molar-refractivity contribution in [3.8, 4) is 11.5 Å².